The van der Waals surface area contributed by atoms with Crippen molar-refractivity contribution in [2.45, 2.75) is 165 Å². The highest BCUT2D eigenvalue weighted by Gasteiger charge is 2.34. The van der Waals surface area contributed by atoms with Crippen molar-refractivity contribution < 1.29 is 9.15 Å². The molecule has 2 aliphatic heterocycles. The molecular weight excluding hydrogens is 783 g/mol. The third-order valence-corrected chi connectivity index (χ3v) is 13.6. The van der Waals surface area contributed by atoms with Crippen molar-refractivity contribution in [3.63, 3.8) is 0 Å². The second kappa shape index (κ2) is 19.2. The lowest BCUT2D eigenvalue weighted by atomic mass is 9.89. The Kier molecular flexibility index (Phi) is 14.1. The summed E-state index contributed by atoms with van der Waals surface area (Å²) < 4.78 is 7.11. The van der Waals surface area contributed by atoms with E-state index in [1.54, 1.807) is 0 Å². The van der Waals surface area contributed by atoms with Gasteiger partial charge in [-0.2, -0.15) is 0 Å². The smallest absolute Gasteiger partial charge is 0.244 e. The van der Waals surface area contributed by atoms with Gasteiger partial charge in [0.05, 0.1) is 12.7 Å². The van der Waals surface area contributed by atoms with Crippen LogP contribution >= 0.6 is 0 Å². The Morgan fingerprint density at radius 3 is 1.16 bits per heavy atom. The van der Waals surface area contributed by atoms with Crippen molar-refractivity contribution in [1.82, 2.24) is 15.0 Å². The Morgan fingerprint density at radius 2 is 0.812 bits per heavy atom. The molecule has 0 bridgehead atoms. The van der Waals surface area contributed by atoms with Crippen LogP contribution in [0.1, 0.15) is 208 Å². The van der Waals surface area contributed by atoms with E-state index in [4.69, 9.17) is 10.3 Å². The van der Waals surface area contributed by atoms with Crippen LogP contribution in [0.3, 0.4) is 0 Å². The van der Waals surface area contributed by atoms with Crippen LogP contribution in [-0.2, 0) is 6.54 Å². The van der Waals surface area contributed by atoms with Crippen molar-refractivity contribution >= 4 is 35.4 Å². The third-order valence-electron chi connectivity index (χ3n) is 13.6. The Bertz CT molecular complexity index is 2410. The number of nitrogens with zero attached hydrogens (tertiary/aromatic N) is 7. The van der Waals surface area contributed by atoms with E-state index in [9.17, 15) is 0 Å². The molecule has 7 rings (SSSR count). The molecule has 340 valence electrons. The molecule has 0 fully saturated rings. The van der Waals surface area contributed by atoms with Gasteiger partial charge in [-0.25, -0.2) is 23.6 Å². The summed E-state index contributed by atoms with van der Waals surface area (Å²) in [5, 5.41) is 9.63. The second-order valence-electron chi connectivity index (χ2n) is 21.2. The number of aromatic nitrogens is 3. The minimum Gasteiger partial charge on any atom is -0.247 e. The maximum atomic E-state index is 4.85. The van der Waals surface area contributed by atoms with Crippen molar-refractivity contribution in [1.29, 1.82) is 0 Å². The van der Waals surface area contributed by atoms with Gasteiger partial charge in [0, 0.05) is 50.1 Å². The fourth-order valence-corrected chi connectivity index (χ4v) is 10.1. The zero-order chi connectivity index (χ0) is 46.3. The third kappa shape index (κ3) is 9.37. The van der Waals surface area contributed by atoms with Crippen LogP contribution in [0, 0.1) is 0 Å². The molecule has 7 nitrogen and oxygen atoms in total. The molecule has 64 heavy (non-hydrogen) atoms. The summed E-state index contributed by atoms with van der Waals surface area (Å²) in [5.41, 5.74) is 20.0. The van der Waals surface area contributed by atoms with Crippen molar-refractivity contribution in [2.75, 3.05) is 36.0 Å². The molecule has 0 aliphatic carbocycles. The van der Waals surface area contributed by atoms with Crippen LogP contribution in [-0.4, -0.2) is 63.0 Å². The Hall–Kier alpha value is -5.04. The van der Waals surface area contributed by atoms with Gasteiger partial charge in [-0.05, 0) is 77.2 Å². The summed E-state index contributed by atoms with van der Waals surface area (Å²) >= 11 is 0. The highest BCUT2D eigenvalue weighted by molar-refractivity contribution is 5.84. The van der Waals surface area contributed by atoms with Crippen molar-refractivity contribution in [3.8, 4) is 11.3 Å². The van der Waals surface area contributed by atoms with Crippen LogP contribution in [0.2, 0.25) is 0 Å². The molecule has 0 radical (unpaired) electrons. The minimum absolute atomic E-state index is 0.337. The average Bonchev–Trinajstić information content (AvgIpc) is 4.04. The maximum absolute atomic E-state index is 4.85. The molecule has 7 heteroatoms. The van der Waals surface area contributed by atoms with E-state index in [0.29, 0.717) is 53.9 Å². The minimum atomic E-state index is 0.337. The SMILES string of the molecule is CC(C)c1cccc(C(C)C)c1N1C=[N+](c2c(C(C)C)cc(Cn3cc(-c4cc(C(C)C)c([N+]5=CN(c6c(C(C)C)cccc6C(C)C)CC5)c(C(C)C)c4)nn3)cc2C(C)C)CC1. The van der Waals surface area contributed by atoms with Crippen molar-refractivity contribution in [3.05, 3.63) is 117 Å². The van der Waals surface area contributed by atoms with Gasteiger partial charge in [-0.1, -0.05) is 152 Å². The highest BCUT2D eigenvalue weighted by atomic mass is 15.4. The summed E-state index contributed by atoms with van der Waals surface area (Å²) in [4.78, 5) is 5.05. The number of benzene rings is 4. The molecule has 0 saturated heterocycles. The molecule has 0 spiro atoms. The van der Waals surface area contributed by atoms with Crippen molar-refractivity contribution in [2.24, 2.45) is 0 Å². The van der Waals surface area contributed by atoms with Gasteiger partial charge in [0.2, 0.25) is 12.7 Å². The monoisotopic (exact) mass is 862 g/mol. The van der Waals surface area contributed by atoms with E-state index in [-0.39, 0.29) is 0 Å². The lowest BCUT2D eigenvalue weighted by Crippen LogP contribution is -2.22. The fourth-order valence-electron chi connectivity index (χ4n) is 10.1. The number of hydrogen-bond acceptors (Lipinski definition) is 4. The zero-order valence-corrected chi connectivity index (χ0v) is 42.3. The Labute approximate surface area is 386 Å². The summed E-state index contributed by atoms with van der Waals surface area (Å²) in [6.45, 7) is 41.7. The summed E-state index contributed by atoms with van der Waals surface area (Å²) in [5.74, 6) is 3.21. The Balaban J connectivity index is 1.22. The van der Waals surface area contributed by atoms with Gasteiger partial charge >= 0.3 is 0 Å². The number of rotatable bonds is 15. The number of para-hydroxylation sites is 2. The van der Waals surface area contributed by atoms with E-state index in [0.717, 1.165) is 37.4 Å². The first-order valence-corrected chi connectivity index (χ1v) is 24.6. The normalized spacial score (nSPS) is 14.7. The largest absolute Gasteiger partial charge is 0.247 e. The molecule has 0 amide bonds. The predicted molar refractivity (Wildman–Crippen MR) is 273 cm³/mol. The summed E-state index contributed by atoms with van der Waals surface area (Å²) in [6.07, 6.45) is 6.95. The quantitative estimate of drug-likeness (QED) is 0.0984. The van der Waals surface area contributed by atoms with E-state index in [2.05, 4.69) is 209 Å². The van der Waals surface area contributed by atoms with E-state index in [1.807, 2.05) is 4.68 Å². The second-order valence-corrected chi connectivity index (χ2v) is 21.2. The van der Waals surface area contributed by atoms with Crippen LogP contribution in [0.25, 0.3) is 11.3 Å². The van der Waals surface area contributed by atoms with Gasteiger partial charge in [-0.3, -0.25) is 0 Å². The molecular formula is C57H79N7+2. The maximum Gasteiger partial charge on any atom is 0.244 e. The van der Waals surface area contributed by atoms with Gasteiger partial charge in [-0.15, -0.1) is 5.10 Å². The van der Waals surface area contributed by atoms with Gasteiger partial charge in [0.25, 0.3) is 0 Å². The highest BCUT2D eigenvalue weighted by Crippen LogP contribution is 2.43. The molecule has 3 heterocycles. The van der Waals surface area contributed by atoms with Gasteiger partial charge < -0.3 is 0 Å². The van der Waals surface area contributed by atoms with Crippen LogP contribution in [0.15, 0.2) is 66.9 Å². The van der Waals surface area contributed by atoms with Crippen LogP contribution in [0.5, 0.6) is 0 Å². The molecule has 0 saturated carbocycles. The summed E-state index contributed by atoms with van der Waals surface area (Å²) in [7, 11) is 0. The fraction of sp³-hybridized carbons (Fsp3) is 0.509. The lowest BCUT2D eigenvalue weighted by Gasteiger charge is -2.21. The topological polar surface area (TPSA) is 43.2 Å². The first-order valence-electron chi connectivity index (χ1n) is 24.6. The first kappa shape index (κ1) is 46.9. The lowest BCUT2D eigenvalue weighted by molar-refractivity contribution is -0.425. The summed E-state index contributed by atoms with van der Waals surface area (Å²) in [6, 6.07) is 23.4. The molecule has 0 unspecified atom stereocenters. The molecule has 0 atom stereocenters. The average molecular weight is 862 g/mol. The standard InChI is InChI=1S/C57H79N7/c1-35(2)45-19-17-20-46(36(3)4)54(45)60-23-25-62(33-60)56-49(39(9)10)27-43(28-50(56)40(11)12)31-64-32-53(58-59-64)44-29-51(41(13)14)57(52(30-44)42(15)16)63-26-24-61(34-63)55-47(37(5)6)21-18-22-48(55)38(7)8/h17-22,27-30,32-42H,23-26,31H2,1-16H3/q+2. The first-order chi connectivity index (χ1) is 30.4. The number of anilines is 2. The molecule has 2 aliphatic rings. The van der Waals surface area contributed by atoms with E-state index < -0.39 is 0 Å². The molecule has 1 aromatic heterocycles. The Morgan fingerprint density at radius 1 is 0.469 bits per heavy atom. The van der Waals surface area contributed by atoms with Crippen LogP contribution < -0.4 is 9.80 Å². The van der Waals surface area contributed by atoms with E-state index in [1.165, 1.54) is 72.8 Å². The van der Waals surface area contributed by atoms with Gasteiger partial charge in [0.1, 0.15) is 54.6 Å². The van der Waals surface area contributed by atoms with Crippen LogP contribution in [0.4, 0.5) is 22.7 Å². The van der Waals surface area contributed by atoms with Gasteiger partial charge in [0.15, 0.2) is 0 Å². The molecule has 4 aromatic carbocycles. The van der Waals surface area contributed by atoms with E-state index >= 15 is 0 Å². The zero-order valence-electron chi connectivity index (χ0n) is 42.3. The predicted octanol–water partition coefficient (Wildman–Crippen LogP) is 14.4. The molecule has 0 N–H and O–H groups in total. The number of hydrogen-bond donors (Lipinski definition) is 0. The molecule has 5 aromatic rings.